The monoisotopic (exact) mass is 1110 g/mol. The summed E-state index contributed by atoms with van der Waals surface area (Å²) in [5.74, 6) is 1.14. The molecule has 6 aromatic rings. The first-order valence-electron chi connectivity index (χ1n) is 25.7. The van der Waals surface area contributed by atoms with Gasteiger partial charge in [-0.3, -0.25) is 19.0 Å². The molecule has 5 aromatic carbocycles. The van der Waals surface area contributed by atoms with Crippen molar-refractivity contribution in [2.75, 3.05) is 51.7 Å². The molecule has 0 aliphatic carbocycles. The molecule has 2 N–H and O–H groups in total. The lowest BCUT2D eigenvalue weighted by atomic mass is 9.80. The Morgan fingerprint density at radius 1 is 0.769 bits per heavy atom. The van der Waals surface area contributed by atoms with Crippen molar-refractivity contribution >= 4 is 43.0 Å². The summed E-state index contributed by atoms with van der Waals surface area (Å²) in [4.78, 5) is 57.3. The van der Waals surface area contributed by atoms with Crippen molar-refractivity contribution in [3.8, 4) is 17.2 Å². The van der Waals surface area contributed by atoms with Gasteiger partial charge in [0.2, 0.25) is 5.91 Å². The van der Waals surface area contributed by atoms with Gasteiger partial charge in [-0.2, -0.15) is 4.98 Å². The Balaban J connectivity index is 1.17. The van der Waals surface area contributed by atoms with Crippen molar-refractivity contribution in [2.24, 2.45) is 5.41 Å². The molecule has 5 unspecified atom stereocenters. The first-order chi connectivity index (χ1) is 37.5. The lowest BCUT2D eigenvalue weighted by Crippen LogP contribution is -2.41. The number of rotatable bonds is 27. The standard InChI is InChI=1S/C59H69FN5O11PS/c1-40(2)65(41(3)4)77(74-34-35-78-56(68)58(5,6)39-61-51(66)36-42-18-12-9-13-19-42)76-54-49(75-55(53(54)60)64-33-32-50(63-57(64)69)62-52(67)38-72-48-22-16-11-17-23-48)37-73-59(43-20-14-10-15-21-43,44-24-28-46(70-7)29-25-44)45-26-30-47(71-8)31-27-45/h9-33,40-41,49,53-55H,34-39H2,1-8H3,(H,61,66)(H,62,63,67,69). The second-order valence-corrected chi connectivity index (χ2v) is 22.1. The number of thioether (sulfide) groups is 1. The van der Waals surface area contributed by atoms with Crippen LogP contribution >= 0.6 is 20.3 Å². The maximum atomic E-state index is 17.8. The van der Waals surface area contributed by atoms with Crippen LogP contribution in [0.5, 0.6) is 17.2 Å². The second-order valence-electron chi connectivity index (χ2n) is 19.6. The normalized spacial score (nSPS) is 17.0. The van der Waals surface area contributed by atoms with Crippen LogP contribution < -0.4 is 30.5 Å². The molecular weight excluding hydrogens is 1040 g/mol. The number of nitrogens with zero attached hydrogens (tertiary/aromatic N) is 3. The number of hydrogen-bond acceptors (Lipinski definition) is 14. The van der Waals surface area contributed by atoms with Gasteiger partial charge >= 0.3 is 5.69 Å². The Morgan fingerprint density at radius 2 is 1.33 bits per heavy atom. The Kier molecular flexibility index (Phi) is 21.2. The quantitative estimate of drug-likeness (QED) is 0.0283. The average Bonchev–Trinajstić information content (AvgIpc) is 3.81. The predicted octanol–water partition coefficient (Wildman–Crippen LogP) is 9.91. The largest absolute Gasteiger partial charge is 0.497 e. The van der Waals surface area contributed by atoms with E-state index in [1.54, 1.807) is 52.3 Å². The minimum atomic E-state index is -2.09. The summed E-state index contributed by atoms with van der Waals surface area (Å²) in [7, 11) is 1.08. The molecular formula is C59H69FN5O11PS. The molecule has 5 atom stereocenters. The van der Waals surface area contributed by atoms with Crippen molar-refractivity contribution in [2.45, 2.75) is 90.3 Å². The number of carbonyl (C=O) groups is 3. The van der Waals surface area contributed by atoms with Crippen molar-refractivity contribution in [3.05, 3.63) is 185 Å². The molecule has 1 fully saturated rings. The Morgan fingerprint density at radius 3 is 1.90 bits per heavy atom. The molecule has 19 heteroatoms. The number of para-hydroxylation sites is 1. The van der Waals surface area contributed by atoms with Crippen molar-refractivity contribution in [1.29, 1.82) is 0 Å². The number of nitrogens with one attached hydrogen (secondary N) is 2. The smallest absolute Gasteiger partial charge is 0.351 e. The van der Waals surface area contributed by atoms with Crippen LogP contribution in [0.4, 0.5) is 10.2 Å². The summed E-state index contributed by atoms with van der Waals surface area (Å²) < 4.78 is 64.9. The van der Waals surface area contributed by atoms with Gasteiger partial charge in [0.15, 0.2) is 24.1 Å². The Hall–Kier alpha value is -6.50. The number of ether oxygens (including phenoxy) is 5. The van der Waals surface area contributed by atoms with Crippen molar-refractivity contribution < 1.29 is 51.5 Å². The molecule has 78 heavy (non-hydrogen) atoms. The van der Waals surface area contributed by atoms with Crippen molar-refractivity contribution in [1.82, 2.24) is 19.5 Å². The van der Waals surface area contributed by atoms with E-state index in [4.69, 9.17) is 32.7 Å². The van der Waals surface area contributed by atoms with E-state index in [9.17, 15) is 19.2 Å². The van der Waals surface area contributed by atoms with Gasteiger partial charge in [-0.25, -0.2) is 13.9 Å². The van der Waals surface area contributed by atoms with Crippen LogP contribution in [0.2, 0.25) is 0 Å². The number of methoxy groups -OCH3 is 2. The average molecular weight is 1110 g/mol. The fourth-order valence-corrected chi connectivity index (χ4v) is 11.6. The molecule has 0 radical (unpaired) electrons. The third-order valence-electron chi connectivity index (χ3n) is 12.9. The number of anilines is 1. The number of amides is 2. The number of hydrogen-bond donors (Lipinski definition) is 2. The summed E-state index contributed by atoms with van der Waals surface area (Å²) in [5.41, 5.74) is -0.0815. The molecule has 1 aliphatic heterocycles. The first kappa shape index (κ1) is 59.2. The fourth-order valence-electron chi connectivity index (χ4n) is 8.89. The van der Waals surface area contributed by atoms with Gasteiger partial charge < -0.3 is 43.4 Å². The highest BCUT2D eigenvalue weighted by atomic mass is 32.2. The minimum Gasteiger partial charge on any atom is -0.497 e. The van der Waals surface area contributed by atoms with Gasteiger partial charge in [-0.1, -0.05) is 129 Å². The third-order valence-corrected chi connectivity index (χ3v) is 16.2. The van der Waals surface area contributed by atoms with Crippen LogP contribution in [-0.2, 0) is 44.9 Å². The highest BCUT2D eigenvalue weighted by Gasteiger charge is 2.51. The van der Waals surface area contributed by atoms with Crippen LogP contribution in [0, 0.1) is 5.41 Å². The summed E-state index contributed by atoms with van der Waals surface area (Å²) in [6, 6.07) is 43.8. The van der Waals surface area contributed by atoms with E-state index in [-0.39, 0.29) is 67.5 Å². The molecule has 1 aliphatic rings. The van der Waals surface area contributed by atoms with E-state index in [1.807, 2.05) is 148 Å². The van der Waals surface area contributed by atoms with E-state index < -0.39 is 55.7 Å². The maximum absolute atomic E-state index is 17.8. The van der Waals surface area contributed by atoms with Crippen LogP contribution in [0.25, 0.3) is 0 Å². The highest BCUT2D eigenvalue weighted by Crippen LogP contribution is 2.51. The summed E-state index contributed by atoms with van der Waals surface area (Å²) in [6.07, 6.45) is -4.67. The second kappa shape index (κ2) is 27.9. The van der Waals surface area contributed by atoms with Gasteiger partial charge in [-0.05, 0) is 92.4 Å². The van der Waals surface area contributed by atoms with E-state index >= 15 is 4.39 Å². The SMILES string of the molecule is COc1ccc(C(OCC2OC(n3ccc(NC(=O)COc4ccccc4)nc3=O)C(F)C2OP(OCCSC(=O)C(C)(C)CNC(=O)Cc2ccccc2)N(C(C)C)C(C)C)(c2ccccc2)c2ccc(OC)cc2)cc1. The minimum absolute atomic E-state index is 0.0443. The van der Waals surface area contributed by atoms with E-state index in [2.05, 4.69) is 15.6 Å². The van der Waals surface area contributed by atoms with Crippen molar-refractivity contribution in [3.63, 3.8) is 0 Å². The summed E-state index contributed by atoms with van der Waals surface area (Å²) in [6.45, 7) is 11.0. The summed E-state index contributed by atoms with van der Waals surface area (Å²) in [5, 5.41) is 5.33. The lowest BCUT2D eigenvalue weighted by Gasteiger charge is -2.39. The van der Waals surface area contributed by atoms with Crippen LogP contribution in [0.1, 0.15) is 70.0 Å². The van der Waals surface area contributed by atoms with Gasteiger partial charge in [-0.15, -0.1) is 0 Å². The zero-order valence-corrected chi connectivity index (χ0v) is 46.9. The Bertz CT molecular complexity index is 2870. The number of halogens is 1. The molecule has 2 heterocycles. The van der Waals surface area contributed by atoms with Gasteiger partial charge in [0, 0.05) is 30.6 Å². The van der Waals surface area contributed by atoms with E-state index in [1.165, 1.54) is 12.3 Å². The summed E-state index contributed by atoms with van der Waals surface area (Å²) >= 11 is 1.08. The van der Waals surface area contributed by atoms with Crippen LogP contribution in [0.15, 0.2) is 157 Å². The third kappa shape index (κ3) is 15.2. The van der Waals surface area contributed by atoms with E-state index in [0.29, 0.717) is 17.2 Å². The highest BCUT2D eigenvalue weighted by molar-refractivity contribution is 8.13. The number of alkyl halides is 1. The molecule has 2 amide bonds. The van der Waals surface area contributed by atoms with Gasteiger partial charge in [0.1, 0.15) is 40.9 Å². The predicted molar refractivity (Wildman–Crippen MR) is 300 cm³/mol. The number of aromatic nitrogens is 2. The molecule has 1 saturated heterocycles. The Labute approximate surface area is 461 Å². The van der Waals surface area contributed by atoms with Crippen LogP contribution in [-0.4, -0.2) is 108 Å². The zero-order valence-electron chi connectivity index (χ0n) is 45.2. The van der Waals surface area contributed by atoms with Crippen LogP contribution in [0.3, 0.4) is 0 Å². The molecule has 16 nitrogen and oxygen atoms in total. The van der Waals surface area contributed by atoms with E-state index in [0.717, 1.165) is 38.6 Å². The molecule has 0 bridgehead atoms. The van der Waals surface area contributed by atoms with Gasteiger partial charge in [0.05, 0.1) is 39.3 Å². The lowest BCUT2D eigenvalue weighted by molar-refractivity contribution is -0.122. The number of benzene rings is 5. The fraction of sp³-hybridized carbons (Fsp3) is 0.373. The molecule has 0 saturated carbocycles. The topological polar surface area (TPSA) is 178 Å². The molecule has 1 aromatic heterocycles. The molecule has 414 valence electrons. The first-order valence-corrected chi connectivity index (χ1v) is 27.9. The zero-order chi connectivity index (χ0) is 55.8. The number of carbonyl (C=O) groups excluding carboxylic acids is 3. The molecule has 7 rings (SSSR count). The molecule has 0 spiro atoms. The maximum Gasteiger partial charge on any atom is 0.351 e. The van der Waals surface area contributed by atoms with Gasteiger partial charge in [0.25, 0.3) is 14.4 Å².